The van der Waals surface area contributed by atoms with Crippen molar-refractivity contribution < 1.29 is 14.2 Å². The second-order valence-corrected chi connectivity index (χ2v) is 5.82. The number of phenolic OH excluding ortho intramolecular Hbond substituents is 1. The number of phenols is 1. The van der Waals surface area contributed by atoms with Gasteiger partial charge in [-0.2, -0.15) is 0 Å². The van der Waals surface area contributed by atoms with Crippen molar-refractivity contribution in [2.24, 2.45) is 0 Å². The van der Waals surface area contributed by atoms with Crippen molar-refractivity contribution in [2.45, 2.75) is 6.54 Å². The van der Waals surface area contributed by atoms with Crippen LogP contribution in [0, 0.1) is 5.82 Å². The van der Waals surface area contributed by atoms with Crippen molar-refractivity contribution in [3.8, 4) is 11.5 Å². The van der Waals surface area contributed by atoms with E-state index >= 15 is 0 Å². The summed E-state index contributed by atoms with van der Waals surface area (Å²) in [5.41, 5.74) is 1.72. The minimum absolute atomic E-state index is 0.164. The fourth-order valence-electron chi connectivity index (χ4n) is 1.69. The molecular formula is C14H12Br2FNO2. The molecule has 0 aliphatic carbocycles. The number of methoxy groups -OCH3 is 1. The standard InChI is InChI=1S/C14H12Br2FNO2/c1-20-13-6-9(2-3-12(13)17)18-7-8-4-10(15)14(19)11(16)5-8/h2-6,18-19H,7H2,1H3. The maximum Gasteiger partial charge on any atom is 0.165 e. The molecule has 20 heavy (non-hydrogen) atoms. The first kappa shape index (κ1) is 15.1. The number of ether oxygens (including phenoxy) is 1. The molecule has 2 aromatic carbocycles. The van der Waals surface area contributed by atoms with Crippen LogP contribution in [0.25, 0.3) is 0 Å². The molecule has 0 atom stereocenters. The molecule has 106 valence electrons. The van der Waals surface area contributed by atoms with Crippen LogP contribution in [0.3, 0.4) is 0 Å². The van der Waals surface area contributed by atoms with E-state index < -0.39 is 5.82 Å². The minimum atomic E-state index is -0.395. The van der Waals surface area contributed by atoms with E-state index in [1.54, 1.807) is 12.1 Å². The zero-order chi connectivity index (χ0) is 14.7. The van der Waals surface area contributed by atoms with E-state index in [0.717, 1.165) is 11.3 Å². The van der Waals surface area contributed by atoms with Crippen LogP contribution in [0.4, 0.5) is 10.1 Å². The van der Waals surface area contributed by atoms with Gasteiger partial charge in [0.25, 0.3) is 0 Å². The highest BCUT2D eigenvalue weighted by Crippen LogP contribution is 2.33. The van der Waals surface area contributed by atoms with E-state index in [1.165, 1.54) is 13.2 Å². The molecule has 0 heterocycles. The second kappa shape index (κ2) is 6.45. The molecule has 2 rings (SSSR count). The molecule has 0 saturated heterocycles. The Kier molecular flexibility index (Phi) is 4.88. The minimum Gasteiger partial charge on any atom is -0.506 e. The van der Waals surface area contributed by atoms with Crippen molar-refractivity contribution in [3.63, 3.8) is 0 Å². The molecule has 0 bridgehead atoms. The Hall–Kier alpha value is -1.27. The molecule has 0 radical (unpaired) electrons. The summed E-state index contributed by atoms with van der Waals surface area (Å²) in [4.78, 5) is 0. The highest BCUT2D eigenvalue weighted by Gasteiger charge is 2.07. The third kappa shape index (κ3) is 3.43. The Bertz CT molecular complexity index is 612. The zero-order valence-corrected chi connectivity index (χ0v) is 13.8. The van der Waals surface area contributed by atoms with Gasteiger partial charge in [0.15, 0.2) is 11.6 Å². The van der Waals surface area contributed by atoms with Crippen LogP contribution < -0.4 is 10.1 Å². The number of halogens is 3. The smallest absolute Gasteiger partial charge is 0.165 e. The lowest BCUT2D eigenvalue weighted by Crippen LogP contribution is -2.00. The molecule has 3 nitrogen and oxygen atoms in total. The lowest BCUT2D eigenvalue weighted by atomic mass is 10.2. The van der Waals surface area contributed by atoms with Crippen LogP contribution >= 0.6 is 31.9 Å². The number of anilines is 1. The summed E-state index contributed by atoms with van der Waals surface area (Å²) in [7, 11) is 1.43. The Morgan fingerprint density at radius 1 is 1.20 bits per heavy atom. The predicted molar refractivity (Wildman–Crippen MR) is 83.8 cm³/mol. The van der Waals surface area contributed by atoms with Crippen LogP contribution in [0.15, 0.2) is 39.3 Å². The molecule has 0 aliphatic heterocycles. The van der Waals surface area contributed by atoms with E-state index in [0.29, 0.717) is 15.5 Å². The van der Waals surface area contributed by atoms with Crippen molar-refractivity contribution in [3.05, 3.63) is 50.7 Å². The van der Waals surface area contributed by atoms with Crippen LogP contribution in [-0.2, 0) is 6.54 Å². The maximum atomic E-state index is 13.3. The highest BCUT2D eigenvalue weighted by molar-refractivity contribution is 9.11. The van der Waals surface area contributed by atoms with Crippen LogP contribution in [0.2, 0.25) is 0 Å². The average molecular weight is 405 g/mol. The molecule has 2 N–H and O–H groups in total. The molecular weight excluding hydrogens is 393 g/mol. The third-order valence-electron chi connectivity index (χ3n) is 2.72. The van der Waals surface area contributed by atoms with Gasteiger partial charge in [0, 0.05) is 18.3 Å². The normalized spacial score (nSPS) is 10.4. The summed E-state index contributed by atoms with van der Waals surface area (Å²) < 4.78 is 19.4. The van der Waals surface area contributed by atoms with E-state index in [1.807, 2.05) is 12.1 Å². The summed E-state index contributed by atoms with van der Waals surface area (Å²) in [6, 6.07) is 8.22. The summed E-state index contributed by atoms with van der Waals surface area (Å²) in [6.07, 6.45) is 0. The van der Waals surface area contributed by atoms with Gasteiger partial charge in [-0.1, -0.05) is 0 Å². The first-order chi connectivity index (χ1) is 9.51. The van der Waals surface area contributed by atoms with Gasteiger partial charge in [0.1, 0.15) is 5.75 Å². The quantitative estimate of drug-likeness (QED) is 0.777. The first-order valence-corrected chi connectivity index (χ1v) is 7.34. The highest BCUT2D eigenvalue weighted by atomic mass is 79.9. The van der Waals surface area contributed by atoms with Crippen molar-refractivity contribution in [2.75, 3.05) is 12.4 Å². The molecule has 0 aromatic heterocycles. The van der Waals surface area contributed by atoms with Gasteiger partial charge in [-0.3, -0.25) is 0 Å². The summed E-state index contributed by atoms with van der Waals surface area (Å²) in [5.74, 6) is -0.0339. The number of rotatable bonds is 4. The zero-order valence-electron chi connectivity index (χ0n) is 10.6. The monoisotopic (exact) mass is 403 g/mol. The van der Waals surface area contributed by atoms with Gasteiger partial charge in [0.2, 0.25) is 0 Å². The van der Waals surface area contributed by atoms with E-state index in [2.05, 4.69) is 37.2 Å². The molecule has 0 amide bonds. The molecule has 0 fully saturated rings. The Morgan fingerprint density at radius 3 is 2.45 bits per heavy atom. The number of aromatic hydroxyl groups is 1. The maximum absolute atomic E-state index is 13.3. The largest absolute Gasteiger partial charge is 0.506 e. The lowest BCUT2D eigenvalue weighted by molar-refractivity contribution is 0.387. The van der Waals surface area contributed by atoms with E-state index in [-0.39, 0.29) is 11.5 Å². The first-order valence-electron chi connectivity index (χ1n) is 5.75. The number of hydrogen-bond acceptors (Lipinski definition) is 3. The van der Waals surface area contributed by atoms with Crippen LogP contribution in [-0.4, -0.2) is 12.2 Å². The van der Waals surface area contributed by atoms with Crippen molar-refractivity contribution in [1.82, 2.24) is 0 Å². The van der Waals surface area contributed by atoms with Crippen LogP contribution in [0.5, 0.6) is 11.5 Å². The van der Waals surface area contributed by atoms with E-state index in [4.69, 9.17) is 4.74 Å². The molecule has 0 unspecified atom stereocenters. The Balaban J connectivity index is 2.13. The molecule has 6 heteroatoms. The van der Waals surface area contributed by atoms with Gasteiger partial charge in [-0.25, -0.2) is 4.39 Å². The third-order valence-corrected chi connectivity index (χ3v) is 3.93. The number of benzene rings is 2. The van der Waals surface area contributed by atoms with Crippen LogP contribution in [0.1, 0.15) is 5.56 Å². The summed E-state index contributed by atoms with van der Waals surface area (Å²) >= 11 is 6.56. The second-order valence-electron chi connectivity index (χ2n) is 4.11. The summed E-state index contributed by atoms with van der Waals surface area (Å²) in [5, 5.41) is 12.8. The van der Waals surface area contributed by atoms with Crippen molar-refractivity contribution in [1.29, 1.82) is 0 Å². The molecule has 2 aromatic rings. The number of hydrogen-bond donors (Lipinski definition) is 2. The fourth-order valence-corrected chi connectivity index (χ4v) is 2.98. The SMILES string of the molecule is COc1cc(NCc2cc(Br)c(O)c(Br)c2)ccc1F. The topological polar surface area (TPSA) is 41.5 Å². The van der Waals surface area contributed by atoms with Gasteiger partial charge in [-0.15, -0.1) is 0 Å². The van der Waals surface area contributed by atoms with Gasteiger partial charge < -0.3 is 15.2 Å². The fraction of sp³-hybridized carbons (Fsp3) is 0.143. The Labute approximate surface area is 133 Å². The van der Waals surface area contributed by atoms with Gasteiger partial charge >= 0.3 is 0 Å². The molecule has 0 saturated carbocycles. The van der Waals surface area contributed by atoms with Gasteiger partial charge in [0.05, 0.1) is 16.1 Å². The summed E-state index contributed by atoms with van der Waals surface area (Å²) in [6.45, 7) is 0.534. The van der Waals surface area contributed by atoms with Crippen molar-refractivity contribution >= 4 is 37.5 Å². The molecule has 0 aliphatic rings. The lowest BCUT2D eigenvalue weighted by Gasteiger charge is -2.10. The molecule has 0 spiro atoms. The predicted octanol–water partition coefficient (Wildman–Crippen LogP) is 4.68. The Morgan fingerprint density at radius 2 is 1.85 bits per heavy atom. The average Bonchev–Trinajstić information content (AvgIpc) is 2.43. The number of nitrogens with one attached hydrogen (secondary N) is 1. The van der Waals surface area contributed by atoms with E-state index in [9.17, 15) is 9.50 Å². The van der Waals surface area contributed by atoms with Gasteiger partial charge in [-0.05, 0) is 61.7 Å².